The maximum atomic E-state index is 11.5. The van der Waals surface area contributed by atoms with Crippen molar-refractivity contribution < 1.29 is 20.1 Å². The van der Waals surface area contributed by atoms with Gasteiger partial charge in [0.05, 0.1) is 14.9 Å². The first-order valence-electron chi connectivity index (χ1n) is 7.37. The Kier molecular flexibility index (Phi) is 5.80. The smallest absolute Gasteiger partial charge is 0.319 e. The average Bonchev–Trinajstić information content (AvgIpc) is 2.60. The molecule has 0 atom stereocenters. The number of nitrogen functional groups attached to an aromatic ring is 1. The molecule has 0 amide bonds. The second-order valence-corrected chi connectivity index (χ2v) is 5.62. The number of anilines is 2. The highest BCUT2D eigenvalue weighted by molar-refractivity contribution is 6.36. The van der Waals surface area contributed by atoms with Crippen molar-refractivity contribution in [2.75, 3.05) is 24.2 Å². The number of hydrogen-bond acceptors (Lipinski definition) is 8. The number of non-ortho nitro benzene ring substituents is 1. The van der Waals surface area contributed by atoms with Crippen molar-refractivity contribution in [2.24, 2.45) is 0 Å². The molecule has 0 heterocycles. The van der Waals surface area contributed by atoms with Crippen LogP contribution in [-0.4, -0.2) is 33.2 Å². The number of nitro groups is 2. The summed E-state index contributed by atoms with van der Waals surface area (Å²) in [6.07, 6.45) is 0.301. The molecule has 0 spiro atoms. The minimum Gasteiger partial charge on any atom is -0.504 e. The molecular weight excluding hydrogens is 368 g/mol. The lowest BCUT2D eigenvalue weighted by atomic mass is 10.00. The van der Waals surface area contributed by atoms with E-state index < -0.39 is 27.0 Å². The van der Waals surface area contributed by atoms with Gasteiger partial charge in [0, 0.05) is 30.8 Å². The lowest BCUT2D eigenvalue weighted by Crippen LogP contribution is -2.09. The maximum absolute atomic E-state index is 11.5. The van der Waals surface area contributed by atoms with Gasteiger partial charge in [0.1, 0.15) is 5.69 Å². The molecule has 0 fully saturated rings. The Balaban J connectivity index is 2.72. The van der Waals surface area contributed by atoms with Gasteiger partial charge in [-0.1, -0.05) is 11.6 Å². The molecule has 11 heteroatoms. The third-order valence-electron chi connectivity index (χ3n) is 3.61. The van der Waals surface area contributed by atoms with Gasteiger partial charge in [0.2, 0.25) is 0 Å². The van der Waals surface area contributed by atoms with Crippen LogP contribution in [0.15, 0.2) is 24.3 Å². The van der Waals surface area contributed by atoms with Crippen molar-refractivity contribution in [3.8, 4) is 16.9 Å². The molecule has 2 rings (SSSR count). The minimum absolute atomic E-state index is 0.0439. The molecule has 0 aliphatic carbocycles. The maximum Gasteiger partial charge on any atom is 0.319 e. The fourth-order valence-electron chi connectivity index (χ4n) is 2.39. The fourth-order valence-corrected chi connectivity index (χ4v) is 2.69. The lowest BCUT2D eigenvalue weighted by molar-refractivity contribution is -0.384. The highest BCUT2D eigenvalue weighted by atomic mass is 35.5. The van der Waals surface area contributed by atoms with Crippen LogP contribution in [0.5, 0.6) is 5.75 Å². The summed E-state index contributed by atoms with van der Waals surface area (Å²) in [7, 11) is 0. The number of nitrogens with two attached hydrogens (primary N) is 1. The number of nitrogens with one attached hydrogen (secondary N) is 1. The molecule has 0 unspecified atom stereocenters. The molecule has 0 aliphatic heterocycles. The van der Waals surface area contributed by atoms with Crippen LogP contribution in [0.3, 0.4) is 0 Å². The van der Waals surface area contributed by atoms with E-state index in [1.54, 1.807) is 0 Å². The van der Waals surface area contributed by atoms with E-state index in [1.807, 2.05) is 0 Å². The third kappa shape index (κ3) is 3.60. The summed E-state index contributed by atoms with van der Waals surface area (Å²) >= 11 is 6.15. The molecule has 2 aromatic rings. The topological polar surface area (TPSA) is 165 Å². The van der Waals surface area contributed by atoms with Gasteiger partial charge in [-0.15, -0.1) is 0 Å². The summed E-state index contributed by atoms with van der Waals surface area (Å²) in [5.41, 5.74) is 4.75. The first-order chi connectivity index (χ1) is 12.3. The van der Waals surface area contributed by atoms with Gasteiger partial charge in [0.15, 0.2) is 11.4 Å². The lowest BCUT2D eigenvalue weighted by Gasteiger charge is -2.17. The zero-order chi connectivity index (χ0) is 19.4. The quantitative estimate of drug-likeness (QED) is 0.142. The molecule has 10 nitrogen and oxygen atoms in total. The summed E-state index contributed by atoms with van der Waals surface area (Å²) in [6.45, 7) is 0.0345. The molecule has 0 radical (unpaired) electrons. The Bertz CT molecular complexity index is 856. The number of phenols is 1. The molecule has 0 saturated carbocycles. The number of nitro benzene ring substituents is 2. The van der Waals surface area contributed by atoms with E-state index >= 15 is 0 Å². The monoisotopic (exact) mass is 382 g/mol. The molecule has 26 heavy (non-hydrogen) atoms. The molecular formula is C15H15ClN4O6. The normalized spacial score (nSPS) is 10.5. The standard InChI is InChI=1S/C15H15ClN4O6/c16-11-10(8-2-4-9(5-3-8)19(23)24)13(18-6-1-7-21)14(20(25)26)12(17)15(11)22/h2-5,18,21-22H,1,6-7,17H2. The number of rotatable bonds is 7. The highest BCUT2D eigenvalue weighted by Gasteiger charge is 2.30. The Morgan fingerprint density at radius 1 is 1.15 bits per heavy atom. The van der Waals surface area contributed by atoms with Crippen molar-refractivity contribution >= 4 is 34.4 Å². The number of aromatic hydroxyl groups is 1. The van der Waals surface area contributed by atoms with E-state index in [1.165, 1.54) is 24.3 Å². The fraction of sp³-hybridized carbons (Fsp3) is 0.200. The first-order valence-corrected chi connectivity index (χ1v) is 7.75. The number of hydrogen-bond donors (Lipinski definition) is 4. The zero-order valence-electron chi connectivity index (χ0n) is 13.3. The number of nitrogens with zero attached hydrogens (tertiary/aromatic N) is 2. The summed E-state index contributed by atoms with van der Waals surface area (Å²) in [6, 6.07) is 5.14. The van der Waals surface area contributed by atoms with Crippen LogP contribution in [0.4, 0.5) is 22.7 Å². The van der Waals surface area contributed by atoms with Gasteiger partial charge >= 0.3 is 5.69 Å². The molecule has 0 aromatic heterocycles. The molecule has 0 saturated heterocycles. The molecule has 0 aliphatic rings. The van der Waals surface area contributed by atoms with Gasteiger partial charge in [-0.2, -0.15) is 0 Å². The second-order valence-electron chi connectivity index (χ2n) is 5.24. The van der Waals surface area contributed by atoms with Crippen molar-refractivity contribution in [3.63, 3.8) is 0 Å². The van der Waals surface area contributed by atoms with Crippen molar-refractivity contribution in [1.82, 2.24) is 0 Å². The Morgan fingerprint density at radius 3 is 2.27 bits per heavy atom. The molecule has 5 N–H and O–H groups in total. The van der Waals surface area contributed by atoms with E-state index in [0.29, 0.717) is 12.0 Å². The molecule has 0 bridgehead atoms. The van der Waals surface area contributed by atoms with Gasteiger partial charge in [-0.05, 0) is 24.1 Å². The van der Waals surface area contributed by atoms with Crippen LogP contribution in [0.2, 0.25) is 5.02 Å². The summed E-state index contributed by atoms with van der Waals surface area (Å²) in [5, 5.41) is 43.8. The Morgan fingerprint density at radius 2 is 1.77 bits per heavy atom. The van der Waals surface area contributed by atoms with E-state index in [0.717, 1.165) is 0 Å². The number of phenolic OH excluding ortho intramolecular Hbond substituents is 1. The van der Waals surface area contributed by atoms with Gasteiger partial charge < -0.3 is 21.3 Å². The van der Waals surface area contributed by atoms with Gasteiger partial charge in [0.25, 0.3) is 5.69 Å². The molecule has 138 valence electrons. The Hall–Kier alpha value is -3.11. The van der Waals surface area contributed by atoms with Gasteiger partial charge in [-0.25, -0.2) is 0 Å². The first kappa shape index (κ1) is 19.2. The van der Waals surface area contributed by atoms with Crippen molar-refractivity contribution in [2.45, 2.75) is 6.42 Å². The van der Waals surface area contributed by atoms with E-state index in [2.05, 4.69) is 5.32 Å². The van der Waals surface area contributed by atoms with E-state index in [9.17, 15) is 25.3 Å². The van der Waals surface area contributed by atoms with E-state index in [-0.39, 0.29) is 35.1 Å². The second kappa shape index (κ2) is 7.85. The number of aliphatic hydroxyl groups excluding tert-OH is 1. The van der Waals surface area contributed by atoms with Crippen LogP contribution >= 0.6 is 11.6 Å². The van der Waals surface area contributed by atoms with Crippen molar-refractivity contribution in [1.29, 1.82) is 0 Å². The number of benzene rings is 2. The van der Waals surface area contributed by atoms with Crippen LogP contribution in [0.25, 0.3) is 11.1 Å². The summed E-state index contributed by atoms with van der Waals surface area (Å²) in [4.78, 5) is 20.9. The predicted octanol–water partition coefficient (Wildman–Crippen LogP) is 2.91. The summed E-state index contributed by atoms with van der Waals surface area (Å²) < 4.78 is 0. The average molecular weight is 383 g/mol. The van der Waals surface area contributed by atoms with Gasteiger partial charge in [-0.3, -0.25) is 20.2 Å². The number of halogens is 1. The van der Waals surface area contributed by atoms with Crippen LogP contribution in [0, 0.1) is 20.2 Å². The number of aliphatic hydroxyl groups is 1. The largest absolute Gasteiger partial charge is 0.504 e. The minimum atomic E-state index is -0.762. The highest BCUT2D eigenvalue weighted by Crippen LogP contribution is 2.50. The third-order valence-corrected chi connectivity index (χ3v) is 3.98. The van der Waals surface area contributed by atoms with Crippen LogP contribution in [-0.2, 0) is 0 Å². The van der Waals surface area contributed by atoms with E-state index in [4.69, 9.17) is 22.4 Å². The van der Waals surface area contributed by atoms with Crippen LogP contribution in [0.1, 0.15) is 6.42 Å². The zero-order valence-corrected chi connectivity index (χ0v) is 14.1. The summed E-state index contributed by atoms with van der Waals surface area (Å²) in [5.74, 6) is -0.653. The Labute approximate surface area is 152 Å². The van der Waals surface area contributed by atoms with Crippen LogP contribution < -0.4 is 11.1 Å². The molecule has 2 aromatic carbocycles. The SMILES string of the molecule is Nc1c(O)c(Cl)c(-c2ccc([N+](=O)[O-])cc2)c(NCCCO)c1[N+](=O)[O-]. The van der Waals surface area contributed by atoms with Crippen molar-refractivity contribution in [3.05, 3.63) is 49.5 Å². The predicted molar refractivity (Wildman–Crippen MR) is 96.5 cm³/mol.